The number of nitro benzene ring substituents is 1. The maximum atomic E-state index is 12.4. The van der Waals surface area contributed by atoms with Crippen LogP contribution in [0.25, 0.3) is 0 Å². The second-order valence-corrected chi connectivity index (χ2v) is 15.6. The third kappa shape index (κ3) is 9.54. The van der Waals surface area contributed by atoms with E-state index in [-0.39, 0.29) is 11.6 Å². The SMILES string of the molecule is C[C@@H](NC(=O)CCCCCCCCCCC[P+](c1ccccc1)(c1ccccc1)c1cn(C)nn1)[C@H](O)c1ccc([N+](=O)[O-])cc1. The van der Waals surface area contributed by atoms with Crippen molar-refractivity contribution in [2.45, 2.75) is 83.3 Å². The van der Waals surface area contributed by atoms with Crippen LogP contribution in [0, 0.1) is 10.1 Å². The summed E-state index contributed by atoms with van der Waals surface area (Å²) in [6.45, 7) is 1.74. The van der Waals surface area contributed by atoms with Gasteiger partial charge in [0.15, 0.2) is 0 Å². The number of hydrogen-bond donors (Lipinski definition) is 2. The van der Waals surface area contributed by atoms with Crippen molar-refractivity contribution in [3.63, 3.8) is 0 Å². The van der Waals surface area contributed by atoms with E-state index in [1.165, 1.54) is 67.0 Å². The van der Waals surface area contributed by atoms with Gasteiger partial charge in [0, 0.05) is 25.6 Å². The molecule has 4 rings (SSSR count). The number of hydrogen-bond acceptors (Lipinski definition) is 6. The Bertz CT molecular complexity index is 1460. The number of carbonyl (C=O) groups is 1. The van der Waals surface area contributed by atoms with E-state index in [1.54, 1.807) is 6.92 Å². The third-order valence-electron chi connectivity index (χ3n) is 8.58. The number of aryl methyl sites for hydroxylation is 1. The average molecular weight is 645 g/mol. The Morgan fingerprint density at radius 3 is 1.87 bits per heavy atom. The lowest BCUT2D eigenvalue weighted by molar-refractivity contribution is -0.384. The van der Waals surface area contributed by atoms with Gasteiger partial charge in [-0.3, -0.25) is 19.6 Å². The predicted molar refractivity (Wildman–Crippen MR) is 186 cm³/mol. The smallest absolute Gasteiger partial charge is 0.269 e. The minimum Gasteiger partial charge on any atom is -0.386 e. The number of carbonyl (C=O) groups excluding carboxylic acids is 1. The molecule has 10 heteroatoms. The molecule has 0 unspecified atom stereocenters. The number of non-ortho nitro benzene ring substituents is 1. The van der Waals surface area contributed by atoms with Crippen molar-refractivity contribution in [2.24, 2.45) is 7.05 Å². The van der Waals surface area contributed by atoms with E-state index < -0.39 is 24.3 Å². The van der Waals surface area contributed by atoms with Crippen LogP contribution in [0.1, 0.15) is 82.8 Å². The number of aliphatic hydroxyl groups excluding tert-OH is 1. The van der Waals surface area contributed by atoms with Gasteiger partial charge in [-0.25, -0.2) is 0 Å². The summed E-state index contributed by atoms with van der Waals surface area (Å²) in [5.41, 5.74) is 1.60. The first-order chi connectivity index (χ1) is 22.3. The first-order valence-electron chi connectivity index (χ1n) is 16.4. The Morgan fingerprint density at radius 2 is 1.37 bits per heavy atom. The second kappa shape index (κ2) is 17.7. The highest BCUT2D eigenvalue weighted by Gasteiger charge is 2.47. The number of aromatic nitrogens is 3. The van der Waals surface area contributed by atoms with Crippen molar-refractivity contribution < 1.29 is 14.8 Å². The largest absolute Gasteiger partial charge is 0.386 e. The number of nitrogens with one attached hydrogen (secondary N) is 1. The van der Waals surface area contributed by atoms with Gasteiger partial charge >= 0.3 is 0 Å². The van der Waals surface area contributed by atoms with Crippen LogP contribution >= 0.6 is 7.26 Å². The van der Waals surface area contributed by atoms with Gasteiger partial charge in [-0.2, -0.15) is 0 Å². The molecule has 46 heavy (non-hydrogen) atoms. The van der Waals surface area contributed by atoms with Crippen LogP contribution in [0.4, 0.5) is 5.69 Å². The zero-order valence-electron chi connectivity index (χ0n) is 27.0. The molecule has 0 aliphatic carbocycles. The van der Waals surface area contributed by atoms with Crippen LogP contribution in [0.2, 0.25) is 0 Å². The Hall–Kier alpha value is -3.94. The molecule has 0 fully saturated rings. The van der Waals surface area contributed by atoms with E-state index in [1.807, 2.05) is 11.7 Å². The summed E-state index contributed by atoms with van der Waals surface area (Å²) < 4.78 is 1.82. The van der Waals surface area contributed by atoms with Gasteiger partial charge in [0.25, 0.3) is 5.69 Å². The molecular formula is C36H47N5O4P+. The molecular weight excluding hydrogens is 597 g/mol. The number of nitro groups is 1. The number of nitrogens with zero attached hydrogens (tertiary/aromatic N) is 4. The van der Waals surface area contributed by atoms with E-state index in [9.17, 15) is 20.0 Å². The van der Waals surface area contributed by atoms with E-state index in [0.29, 0.717) is 12.0 Å². The summed E-state index contributed by atoms with van der Waals surface area (Å²) >= 11 is 0. The Balaban J connectivity index is 1.14. The van der Waals surface area contributed by atoms with Crippen LogP contribution in [0.3, 0.4) is 0 Å². The quantitative estimate of drug-likeness (QED) is 0.0546. The fraction of sp³-hybridized carbons (Fsp3) is 0.417. The van der Waals surface area contributed by atoms with Crippen molar-refractivity contribution in [1.82, 2.24) is 20.3 Å². The zero-order chi connectivity index (χ0) is 32.8. The summed E-state index contributed by atoms with van der Waals surface area (Å²) in [7, 11) is 0.0254. The number of rotatable bonds is 19. The van der Waals surface area contributed by atoms with Gasteiger partial charge in [0.05, 0.1) is 29.4 Å². The normalized spacial score (nSPS) is 12.8. The summed E-state index contributed by atoms with van der Waals surface area (Å²) in [5, 5.41) is 35.9. The maximum Gasteiger partial charge on any atom is 0.269 e. The summed E-state index contributed by atoms with van der Waals surface area (Å²) in [4.78, 5) is 22.8. The fourth-order valence-electron chi connectivity index (χ4n) is 6.02. The van der Waals surface area contributed by atoms with Crippen molar-refractivity contribution in [3.8, 4) is 0 Å². The van der Waals surface area contributed by atoms with E-state index in [2.05, 4.69) is 82.5 Å². The molecule has 1 amide bonds. The van der Waals surface area contributed by atoms with Crippen LogP contribution < -0.4 is 21.4 Å². The molecule has 0 radical (unpaired) electrons. The van der Waals surface area contributed by atoms with Gasteiger partial charge in [0.1, 0.15) is 17.9 Å². The molecule has 244 valence electrons. The summed E-state index contributed by atoms with van der Waals surface area (Å²) in [6, 6.07) is 27.0. The zero-order valence-corrected chi connectivity index (χ0v) is 27.9. The highest BCUT2D eigenvalue weighted by atomic mass is 31.2. The molecule has 0 saturated carbocycles. The van der Waals surface area contributed by atoms with Crippen molar-refractivity contribution in [1.29, 1.82) is 0 Å². The lowest BCUT2D eigenvalue weighted by Crippen LogP contribution is -2.36. The molecule has 0 saturated heterocycles. The van der Waals surface area contributed by atoms with Crippen LogP contribution in [-0.2, 0) is 11.8 Å². The maximum absolute atomic E-state index is 12.4. The molecule has 0 aliphatic rings. The fourth-order valence-corrected chi connectivity index (χ4v) is 10.2. The van der Waals surface area contributed by atoms with Crippen molar-refractivity contribution in [2.75, 3.05) is 6.16 Å². The number of amides is 1. The number of unbranched alkanes of at least 4 members (excludes halogenated alkanes) is 8. The number of aliphatic hydroxyl groups is 1. The first kappa shape index (κ1) is 34.9. The lowest BCUT2D eigenvalue weighted by Gasteiger charge is -2.25. The van der Waals surface area contributed by atoms with E-state index in [4.69, 9.17) is 0 Å². The molecule has 0 spiro atoms. The molecule has 2 N–H and O–H groups in total. The first-order valence-corrected chi connectivity index (χ1v) is 18.4. The van der Waals surface area contributed by atoms with Crippen LogP contribution in [0.15, 0.2) is 91.1 Å². The molecule has 0 aliphatic heterocycles. The van der Waals surface area contributed by atoms with Gasteiger partial charge in [-0.1, -0.05) is 85.2 Å². The molecule has 0 bridgehead atoms. The van der Waals surface area contributed by atoms with Gasteiger partial charge in [-0.15, -0.1) is 0 Å². The number of benzene rings is 3. The Morgan fingerprint density at radius 1 is 0.848 bits per heavy atom. The highest BCUT2D eigenvalue weighted by Crippen LogP contribution is 2.55. The Labute approximate surface area is 272 Å². The van der Waals surface area contributed by atoms with Crippen molar-refractivity contribution in [3.05, 3.63) is 107 Å². The van der Waals surface area contributed by atoms with E-state index >= 15 is 0 Å². The minimum absolute atomic E-state index is 0.0304. The molecule has 2 atom stereocenters. The standard InChI is InChI=1S/C36H46N5O4P/c1-29(36(43)30-23-25-31(26-24-30)41(44)45)37-34(42)22-16-8-6-4-3-5-7-9-17-27-46(32-18-12-10-13-19-32,33-20-14-11-15-21-33)35-28-40(2)39-38-35/h10-15,18-21,23-26,28-29,36,43H,3-9,16-17,22,27H2,1-2H3/p+1/t29-,36+/m1/s1. The molecule has 3 aromatic carbocycles. The molecule has 9 nitrogen and oxygen atoms in total. The molecule has 1 heterocycles. The highest BCUT2D eigenvalue weighted by molar-refractivity contribution is 7.95. The van der Waals surface area contributed by atoms with Gasteiger partial charge in [0.2, 0.25) is 11.3 Å². The third-order valence-corrected chi connectivity index (χ3v) is 12.9. The monoisotopic (exact) mass is 644 g/mol. The van der Waals surface area contributed by atoms with Crippen LogP contribution in [0.5, 0.6) is 0 Å². The summed E-state index contributed by atoms with van der Waals surface area (Å²) in [6.07, 6.45) is 12.7. The Kier molecular flexibility index (Phi) is 13.4. The van der Waals surface area contributed by atoms with Crippen molar-refractivity contribution >= 4 is 34.9 Å². The topological polar surface area (TPSA) is 123 Å². The lowest BCUT2D eigenvalue weighted by atomic mass is 10.0. The average Bonchev–Trinajstić information content (AvgIpc) is 3.52. The van der Waals surface area contributed by atoms with Gasteiger partial charge in [-0.05, 0) is 68.1 Å². The second-order valence-electron chi connectivity index (χ2n) is 12.0. The summed E-state index contributed by atoms with van der Waals surface area (Å²) in [5.74, 6) is -0.0835. The van der Waals surface area contributed by atoms with Crippen LogP contribution in [-0.4, -0.2) is 43.1 Å². The molecule has 1 aromatic heterocycles. The van der Waals surface area contributed by atoms with Gasteiger partial charge < -0.3 is 10.4 Å². The predicted octanol–water partition coefficient (Wildman–Crippen LogP) is 6.16. The minimum atomic E-state index is -1.91. The molecule has 4 aromatic rings. The van der Waals surface area contributed by atoms with E-state index in [0.717, 1.165) is 37.3 Å².